The monoisotopic (exact) mass is 418 g/mol. The summed E-state index contributed by atoms with van der Waals surface area (Å²) in [5.41, 5.74) is 2.59. The summed E-state index contributed by atoms with van der Waals surface area (Å²) < 4.78 is 10.7. The first-order valence-corrected chi connectivity index (χ1v) is 10.0. The van der Waals surface area contributed by atoms with Gasteiger partial charge in [0.2, 0.25) is 5.91 Å². The Morgan fingerprint density at radius 1 is 0.774 bits per heavy atom. The van der Waals surface area contributed by atoms with Crippen molar-refractivity contribution in [2.75, 3.05) is 7.11 Å². The first-order valence-electron chi connectivity index (χ1n) is 10.0. The summed E-state index contributed by atoms with van der Waals surface area (Å²) in [4.78, 5) is 25.4. The highest BCUT2D eigenvalue weighted by atomic mass is 16.5. The van der Waals surface area contributed by atoms with Gasteiger partial charge in [0.15, 0.2) is 6.23 Å². The van der Waals surface area contributed by atoms with Crippen LogP contribution in [0.1, 0.15) is 22.9 Å². The van der Waals surface area contributed by atoms with Crippen molar-refractivity contribution in [3.8, 4) is 0 Å². The highest BCUT2D eigenvalue weighted by molar-refractivity contribution is 5.86. The lowest BCUT2D eigenvalue weighted by Crippen LogP contribution is -2.49. The number of amides is 2. The van der Waals surface area contributed by atoms with Crippen LogP contribution in [0.5, 0.6) is 0 Å². The molecule has 2 amide bonds. The number of carbonyl (C=O) groups excluding carboxylic acids is 2. The van der Waals surface area contributed by atoms with Crippen LogP contribution in [0.3, 0.4) is 0 Å². The zero-order valence-corrected chi connectivity index (χ0v) is 17.4. The van der Waals surface area contributed by atoms with Gasteiger partial charge in [-0.3, -0.25) is 4.79 Å². The summed E-state index contributed by atoms with van der Waals surface area (Å²) >= 11 is 0. The maximum atomic E-state index is 13.0. The van der Waals surface area contributed by atoms with E-state index in [9.17, 15) is 9.59 Å². The Bertz CT molecular complexity index is 949. The Labute approximate surface area is 182 Å². The molecule has 0 radical (unpaired) electrons. The summed E-state index contributed by atoms with van der Waals surface area (Å²) in [6.45, 7) is 0.122. The van der Waals surface area contributed by atoms with Crippen LogP contribution in [0.25, 0.3) is 0 Å². The number of alkyl carbamates (subject to hydrolysis) is 1. The lowest BCUT2D eigenvalue weighted by atomic mass is 10.1. The summed E-state index contributed by atoms with van der Waals surface area (Å²) in [5, 5.41) is 5.54. The van der Waals surface area contributed by atoms with Crippen molar-refractivity contribution in [1.82, 2.24) is 10.6 Å². The molecule has 0 fully saturated rings. The molecule has 160 valence electrons. The average molecular weight is 418 g/mol. The second kappa shape index (κ2) is 11.5. The molecule has 0 aliphatic heterocycles. The summed E-state index contributed by atoms with van der Waals surface area (Å²) in [5.74, 6) is -0.365. The Kier molecular flexibility index (Phi) is 8.20. The van der Waals surface area contributed by atoms with E-state index in [2.05, 4.69) is 10.6 Å². The maximum absolute atomic E-state index is 13.0. The van der Waals surface area contributed by atoms with E-state index in [-0.39, 0.29) is 12.5 Å². The SMILES string of the molecule is CO[C@@H](NC(=O)[C@H](Cc1ccccc1)NC(=O)OCc1ccccc1)c1ccccc1. The van der Waals surface area contributed by atoms with Gasteiger partial charge in [0, 0.05) is 19.1 Å². The molecule has 0 saturated heterocycles. The van der Waals surface area contributed by atoms with Gasteiger partial charge in [0.1, 0.15) is 12.6 Å². The third-order valence-corrected chi connectivity index (χ3v) is 4.72. The van der Waals surface area contributed by atoms with Crippen molar-refractivity contribution in [2.45, 2.75) is 25.3 Å². The van der Waals surface area contributed by atoms with Crippen molar-refractivity contribution in [3.63, 3.8) is 0 Å². The second-order valence-corrected chi connectivity index (χ2v) is 6.98. The molecule has 0 aromatic heterocycles. The summed E-state index contributed by atoms with van der Waals surface area (Å²) in [6.07, 6.45) is -0.971. The minimum absolute atomic E-state index is 0.122. The van der Waals surface area contributed by atoms with Crippen molar-refractivity contribution in [3.05, 3.63) is 108 Å². The highest BCUT2D eigenvalue weighted by Gasteiger charge is 2.25. The molecule has 6 heteroatoms. The van der Waals surface area contributed by atoms with Gasteiger partial charge < -0.3 is 20.1 Å². The lowest BCUT2D eigenvalue weighted by molar-refractivity contribution is -0.127. The van der Waals surface area contributed by atoms with Crippen LogP contribution in [0, 0.1) is 0 Å². The molecule has 0 unspecified atom stereocenters. The fourth-order valence-electron chi connectivity index (χ4n) is 3.10. The third kappa shape index (κ3) is 6.97. The number of carbonyl (C=O) groups is 2. The van der Waals surface area contributed by atoms with Crippen LogP contribution >= 0.6 is 0 Å². The number of methoxy groups -OCH3 is 1. The molecule has 6 nitrogen and oxygen atoms in total. The van der Waals surface area contributed by atoms with Crippen molar-refractivity contribution in [1.29, 1.82) is 0 Å². The molecule has 0 aliphatic rings. The van der Waals surface area contributed by atoms with Crippen molar-refractivity contribution < 1.29 is 19.1 Å². The lowest BCUT2D eigenvalue weighted by Gasteiger charge is -2.23. The molecule has 2 atom stereocenters. The van der Waals surface area contributed by atoms with Gasteiger partial charge in [-0.05, 0) is 11.1 Å². The molecule has 31 heavy (non-hydrogen) atoms. The van der Waals surface area contributed by atoms with Crippen LogP contribution in [-0.2, 0) is 27.3 Å². The number of hydrogen-bond acceptors (Lipinski definition) is 4. The number of hydrogen-bond donors (Lipinski definition) is 2. The van der Waals surface area contributed by atoms with E-state index in [4.69, 9.17) is 9.47 Å². The molecular formula is C25H26N2O4. The smallest absolute Gasteiger partial charge is 0.408 e. The van der Waals surface area contributed by atoms with E-state index >= 15 is 0 Å². The molecule has 2 N–H and O–H groups in total. The predicted molar refractivity (Wildman–Crippen MR) is 118 cm³/mol. The number of nitrogens with one attached hydrogen (secondary N) is 2. The van der Waals surface area contributed by atoms with Gasteiger partial charge in [-0.1, -0.05) is 91.0 Å². The van der Waals surface area contributed by atoms with Crippen molar-refractivity contribution >= 4 is 12.0 Å². The minimum atomic E-state index is -0.827. The van der Waals surface area contributed by atoms with Gasteiger partial charge in [0.05, 0.1) is 0 Å². The van der Waals surface area contributed by atoms with Gasteiger partial charge in [-0.2, -0.15) is 0 Å². The Morgan fingerprint density at radius 3 is 1.90 bits per heavy atom. The molecule has 3 rings (SSSR count). The van der Waals surface area contributed by atoms with Crippen LogP contribution < -0.4 is 10.6 Å². The molecular weight excluding hydrogens is 392 g/mol. The van der Waals surface area contributed by atoms with Gasteiger partial charge in [0.25, 0.3) is 0 Å². The topological polar surface area (TPSA) is 76.7 Å². The third-order valence-electron chi connectivity index (χ3n) is 4.72. The van der Waals surface area contributed by atoms with Gasteiger partial charge in [-0.25, -0.2) is 4.79 Å². The highest BCUT2D eigenvalue weighted by Crippen LogP contribution is 2.14. The predicted octanol–water partition coefficient (Wildman–Crippen LogP) is 3.99. The van der Waals surface area contributed by atoms with Crippen LogP contribution in [0.2, 0.25) is 0 Å². The Hall–Kier alpha value is -3.64. The van der Waals surface area contributed by atoms with Crippen LogP contribution in [-0.4, -0.2) is 25.2 Å². The molecule has 0 bridgehead atoms. The summed E-state index contributed by atoms with van der Waals surface area (Å²) in [7, 11) is 1.52. The molecule has 0 spiro atoms. The molecule has 0 aliphatic carbocycles. The molecule has 3 aromatic rings. The number of benzene rings is 3. The fourth-order valence-corrected chi connectivity index (χ4v) is 3.10. The van der Waals surface area contributed by atoms with Gasteiger partial charge >= 0.3 is 6.09 Å². The van der Waals surface area contributed by atoms with E-state index in [1.807, 2.05) is 91.0 Å². The first-order chi connectivity index (χ1) is 15.2. The largest absolute Gasteiger partial charge is 0.445 e. The Morgan fingerprint density at radius 2 is 1.32 bits per heavy atom. The number of rotatable bonds is 9. The first kappa shape index (κ1) is 22.1. The van der Waals surface area contributed by atoms with Crippen LogP contribution in [0.15, 0.2) is 91.0 Å². The molecule has 0 saturated carbocycles. The molecule has 3 aromatic carbocycles. The Balaban J connectivity index is 1.67. The standard InChI is InChI=1S/C25H26N2O4/c1-30-24(21-15-9-4-10-16-21)27-23(28)22(17-19-11-5-2-6-12-19)26-25(29)31-18-20-13-7-3-8-14-20/h2-16,22,24H,17-18H2,1H3,(H,26,29)(H,27,28)/t22-,24+/m0/s1. The van der Waals surface area contributed by atoms with E-state index in [1.54, 1.807) is 0 Å². The second-order valence-electron chi connectivity index (χ2n) is 6.98. The maximum Gasteiger partial charge on any atom is 0.408 e. The normalized spacial score (nSPS) is 12.4. The zero-order valence-electron chi connectivity index (χ0n) is 17.4. The quantitative estimate of drug-likeness (QED) is 0.515. The van der Waals surface area contributed by atoms with E-state index in [1.165, 1.54) is 7.11 Å². The van der Waals surface area contributed by atoms with Crippen LogP contribution in [0.4, 0.5) is 4.79 Å². The van der Waals surface area contributed by atoms with Crippen molar-refractivity contribution in [2.24, 2.45) is 0 Å². The minimum Gasteiger partial charge on any atom is -0.445 e. The van der Waals surface area contributed by atoms with E-state index in [0.717, 1.165) is 16.7 Å². The van der Waals surface area contributed by atoms with E-state index in [0.29, 0.717) is 6.42 Å². The zero-order chi connectivity index (χ0) is 21.9. The average Bonchev–Trinajstić information content (AvgIpc) is 2.82. The molecule has 0 heterocycles. The number of ether oxygens (including phenoxy) is 2. The fraction of sp³-hybridized carbons (Fsp3) is 0.200. The summed E-state index contributed by atoms with van der Waals surface area (Å²) in [6, 6.07) is 27.4. The van der Waals surface area contributed by atoms with Gasteiger partial charge in [-0.15, -0.1) is 0 Å². The van der Waals surface area contributed by atoms with E-state index < -0.39 is 18.4 Å².